The van der Waals surface area contributed by atoms with Gasteiger partial charge >= 0.3 is 6.09 Å². The minimum atomic E-state index is -0.792. The lowest BCUT2D eigenvalue weighted by Crippen LogP contribution is -2.35. The van der Waals surface area contributed by atoms with Gasteiger partial charge in [0.1, 0.15) is 0 Å². The van der Waals surface area contributed by atoms with E-state index in [-0.39, 0.29) is 5.69 Å². The molecule has 7 heteroatoms. The molecule has 1 amide bonds. The quantitative estimate of drug-likeness (QED) is 0.710. The van der Waals surface area contributed by atoms with E-state index in [1.807, 2.05) is 0 Å². The summed E-state index contributed by atoms with van der Waals surface area (Å²) in [4.78, 5) is 33.6. The van der Waals surface area contributed by atoms with E-state index in [0.717, 1.165) is 5.06 Å². The van der Waals surface area contributed by atoms with Crippen molar-refractivity contribution >= 4 is 11.8 Å². The average molecular weight is 213 g/mol. The van der Waals surface area contributed by atoms with E-state index in [9.17, 15) is 9.59 Å². The van der Waals surface area contributed by atoms with E-state index in [1.165, 1.54) is 20.5 Å². The van der Waals surface area contributed by atoms with Crippen LogP contribution in [0.4, 0.5) is 10.5 Å². The van der Waals surface area contributed by atoms with Crippen molar-refractivity contribution in [2.24, 2.45) is 0 Å². The van der Waals surface area contributed by atoms with Gasteiger partial charge < -0.3 is 9.72 Å². The van der Waals surface area contributed by atoms with Gasteiger partial charge in [-0.05, 0) is 6.92 Å². The van der Waals surface area contributed by atoms with Crippen molar-refractivity contribution in [3.63, 3.8) is 0 Å². The number of anilines is 1. The highest BCUT2D eigenvalue weighted by atomic mass is 16.7. The summed E-state index contributed by atoms with van der Waals surface area (Å²) in [5, 5.41) is 0.737. The molecule has 1 rings (SSSR count). The van der Waals surface area contributed by atoms with Gasteiger partial charge in [0.15, 0.2) is 5.69 Å². The van der Waals surface area contributed by atoms with E-state index >= 15 is 0 Å². The highest BCUT2D eigenvalue weighted by molar-refractivity contribution is 5.85. The molecule has 82 valence electrons. The Balaban J connectivity index is 3.23. The summed E-state index contributed by atoms with van der Waals surface area (Å²) in [7, 11) is 2.44. The van der Waals surface area contributed by atoms with Crippen molar-refractivity contribution in [1.82, 2.24) is 9.97 Å². The van der Waals surface area contributed by atoms with Crippen LogP contribution in [0.2, 0.25) is 0 Å². The van der Waals surface area contributed by atoms with Gasteiger partial charge in [-0.3, -0.25) is 9.63 Å². The minimum Gasteiger partial charge on any atom is -0.451 e. The SMILES string of the molecule is COC(=O)N(OC)c1c(C)nc[nH]c1=O. The second-order valence-electron chi connectivity index (χ2n) is 2.61. The molecule has 0 aliphatic carbocycles. The van der Waals surface area contributed by atoms with E-state index < -0.39 is 11.7 Å². The lowest BCUT2D eigenvalue weighted by molar-refractivity contribution is 0.115. The predicted molar refractivity (Wildman–Crippen MR) is 51.5 cm³/mol. The van der Waals surface area contributed by atoms with Crippen LogP contribution in [0.25, 0.3) is 0 Å². The molecule has 7 nitrogen and oxygen atoms in total. The third kappa shape index (κ3) is 2.13. The molecule has 0 saturated carbocycles. The van der Waals surface area contributed by atoms with Crippen molar-refractivity contribution in [3.8, 4) is 0 Å². The van der Waals surface area contributed by atoms with Crippen molar-refractivity contribution in [3.05, 3.63) is 22.4 Å². The number of hydroxylamine groups is 1. The highest BCUT2D eigenvalue weighted by Crippen LogP contribution is 2.12. The summed E-state index contributed by atoms with van der Waals surface area (Å²) in [6, 6.07) is 0. The molecule has 1 aromatic rings. The van der Waals surface area contributed by atoms with Gasteiger partial charge in [0.2, 0.25) is 0 Å². The second-order valence-corrected chi connectivity index (χ2v) is 2.61. The molecule has 0 atom stereocenters. The predicted octanol–water partition coefficient (Wildman–Crippen LogP) is 0.213. The monoisotopic (exact) mass is 213 g/mol. The van der Waals surface area contributed by atoms with E-state index in [0.29, 0.717) is 5.69 Å². The first-order chi connectivity index (χ1) is 7.11. The maximum absolute atomic E-state index is 11.4. The van der Waals surface area contributed by atoms with Crippen LogP contribution in [-0.2, 0) is 9.57 Å². The van der Waals surface area contributed by atoms with Crippen LogP contribution in [0.15, 0.2) is 11.1 Å². The number of rotatable bonds is 2. The molecule has 0 fully saturated rings. The second kappa shape index (κ2) is 4.56. The maximum atomic E-state index is 11.4. The summed E-state index contributed by atoms with van der Waals surface area (Å²) in [6.07, 6.45) is 0.450. The van der Waals surface area contributed by atoms with Crippen LogP contribution in [-0.4, -0.2) is 30.3 Å². The molecule has 0 aliphatic heterocycles. The first kappa shape index (κ1) is 11.2. The van der Waals surface area contributed by atoms with Crippen LogP contribution in [0, 0.1) is 6.92 Å². The van der Waals surface area contributed by atoms with E-state index in [1.54, 1.807) is 6.92 Å². The Labute approximate surface area is 85.6 Å². The molecular formula is C8H11N3O4. The van der Waals surface area contributed by atoms with Gasteiger partial charge in [0.05, 0.1) is 26.2 Å². The number of ether oxygens (including phenoxy) is 1. The summed E-state index contributed by atoms with van der Waals surface area (Å²) in [5.74, 6) is 0. The first-order valence-electron chi connectivity index (χ1n) is 4.08. The molecule has 0 unspecified atom stereocenters. The Kier molecular flexibility index (Phi) is 3.40. The first-order valence-corrected chi connectivity index (χ1v) is 4.08. The fourth-order valence-corrected chi connectivity index (χ4v) is 1.06. The number of aromatic nitrogens is 2. The molecular weight excluding hydrogens is 202 g/mol. The summed E-state index contributed by atoms with van der Waals surface area (Å²) in [5.41, 5.74) is -0.104. The molecule has 0 aliphatic rings. The van der Waals surface area contributed by atoms with Crippen molar-refractivity contribution in [2.75, 3.05) is 19.3 Å². The zero-order chi connectivity index (χ0) is 11.4. The molecule has 0 radical (unpaired) electrons. The fourth-order valence-electron chi connectivity index (χ4n) is 1.06. The number of carbonyl (C=O) groups is 1. The van der Waals surface area contributed by atoms with Crippen LogP contribution in [0.5, 0.6) is 0 Å². The number of nitrogens with one attached hydrogen (secondary N) is 1. The van der Waals surface area contributed by atoms with Crippen LogP contribution < -0.4 is 10.6 Å². The average Bonchev–Trinajstić information content (AvgIpc) is 2.22. The number of aryl methyl sites for hydroxylation is 1. The molecule has 0 bridgehead atoms. The van der Waals surface area contributed by atoms with Gasteiger partial charge in [-0.1, -0.05) is 0 Å². The minimum absolute atomic E-state index is 0.00634. The summed E-state index contributed by atoms with van der Waals surface area (Å²) < 4.78 is 4.45. The number of aromatic amines is 1. The largest absolute Gasteiger partial charge is 0.451 e. The van der Waals surface area contributed by atoms with Gasteiger partial charge in [0.25, 0.3) is 5.56 Å². The van der Waals surface area contributed by atoms with Gasteiger partial charge in [-0.25, -0.2) is 9.78 Å². The van der Waals surface area contributed by atoms with Gasteiger partial charge in [0, 0.05) is 0 Å². The topological polar surface area (TPSA) is 84.5 Å². The van der Waals surface area contributed by atoms with E-state index in [2.05, 4.69) is 14.7 Å². The van der Waals surface area contributed by atoms with Crippen LogP contribution >= 0.6 is 0 Å². The van der Waals surface area contributed by atoms with Crippen molar-refractivity contribution in [1.29, 1.82) is 0 Å². The van der Waals surface area contributed by atoms with E-state index in [4.69, 9.17) is 4.84 Å². The Hall–Kier alpha value is -1.89. The number of hydrogen-bond acceptors (Lipinski definition) is 5. The highest BCUT2D eigenvalue weighted by Gasteiger charge is 2.21. The zero-order valence-corrected chi connectivity index (χ0v) is 8.60. The number of hydrogen-bond donors (Lipinski definition) is 1. The van der Waals surface area contributed by atoms with Crippen molar-refractivity contribution in [2.45, 2.75) is 6.92 Å². The fraction of sp³-hybridized carbons (Fsp3) is 0.375. The Morgan fingerprint density at radius 3 is 2.67 bits per heavy atom. The number of carbonyl (C=O) groups excluding carboxylic acids is 1. The number of amides is 1. The molecule has 1 aromatic heterocycles. The summed E-state index contributed by atoms with van der Waals surface area (Å²) in [6.45, 7) is 1.58. The number of nitrogens with zero attached hydrogens (tertiary/aromatic N) is 2. The molecule has 15 heavy (non-hydrogen) atoms. The standard InChI is InChI=1S/C8H11N3O4/c1-5-6(7(12)10-4-9-5)11(15-3)8(13)14-2/h4H,1-3H3,(H,9,10,12). The van der Waals surface area contributed by atoms with Gasteiger partial charge in [-0.2, -0.15) is 0 Å². The maximum Gasteiger partial charge on any atom is 0.438 e. The number of H-pyrrole nitrogens is 1. The smallest absolute Gasteiger partial charge is 0.438 e. The third-order valence-corrected chi connectivity index (χ3v) is 1.74. The Morgan fingerprint density at radius 2 is 2.20 bits per heavy atom. The lowest BCUT2D eigenvalue weighted by atomic mass is 10.3. The molecule has 1 heterocycles. The van der Waals surface area contributed by atoms with Crippen molar-refractivity contribution < 1.29 is 14.4 Å². The van der Waals surface area contributed by atoms with Crippen LogP contribution in [0.3, 0.4) is 0 Å². The lowest BCUT2D eigenvalue weighted by Gasteiger charge is -2.17. The normalized spacial score (nSPS) is 9.80. The zero-order valence-electron chi connectivity index (χ0n) is 8.60. The third-order valence-electron chi connectivity index (χ3n) is 1.74. The van der Waals surface area contributed by atoms with Gasteiger partial charge in [-0.15, -0.1) is 5.06 Å². The molecule has 0 saturated heterocycles. The molecule has 0 aromatic carbocycles. The van der Waals surface area contributed by atoms with Crippen LogP contribution in [0.1, 0.15) is 5.69 Å². The molecule has 0 spiro atoms. The Bertz CT molecular complexity index is 415. The molecule has 1 N–H and O–H groups in total. The number of methoxy groups -OCH3 is 1. The summed E-state index contributed by atoms with van der Waals surface area (Å²) >= 11 is 0. The Morgan fingerprint density at radius 1 is 1.53 bits per heavy atom.